The Morgan fingerprint density at radius 3 is 2.23 bits per heavy atom. The number of carboxylic acid groups (broad SMARTS) is 1. The number of hydrogen-bond acceptors (Lipinski definition) is 6. The second-order valence-electron chi connectivity index (χ2n) is 8.16. The highest BCUT2D eigenvalue weighted by Gasteiger charge is 2.25. The van der Waals surface area contributed by atoms with Crippen LogP contribution in [-0.2, 0) is 4.79 Å². The molecule has 0 saturated carbocycles. The van der Waals surface area contributed by atoms with E-state index in [1.807, 2.05) is 32.0 Å². The van der Waals surface area contributed by atoms with Crippen LogP contribution in [0.1, 0.15) is 41.4 Å². The van der Waals surface area contributed by atoms with Gasteiger partial charge in [0.05, 0.1) is 14.5 Å². The molecule has 9 heteroatoms. The molecule has 0 atom stereocenters. The molecule has 3 aromatic carbocycles. The van der Waals surface area contributed by atoms with E-state index in [4.69, 9.17) is 14.3 Å². The number of anilines is 2. The van der Waals surface area contributed by atoms with Crippen molar-refractivity contribution in [2.24, 2.45) is 0 Å². The molecule has 7 nitrogen and oxygen atoms in total. The smallest absolute Gasteiger partial charge is 0.341 e. The van der Waals surface area contributed by atoms with Crippen LogP contribution in [0.3, 0.4) is 0 Å². The first-order chi connectivity index (χ1) is 16.6. The summed E-state index contributed by atoms with van der Waals surface area (Å²) in [4.78, 5) is 24.6. The maximum Gasteiger partial charge on any atom is 0.341 e. The van der Waals surface area contributed by atoms with Crippen LogP contribution in [0.15, 0.2) is 68.0 Å². The minimum absolute atomic E-state index is 0.0417. The van der Waals surface area contributed by atoms with Gasteiger partial charge in [-0.2, -0.15) is 0 Å². The van der Waals surface area contributed by atoms with Gasteiger partial charge in [0, 0.05) is 28.2 Å². The Morgan fingerprint density at radius 1 is 1.00 bits per heavy atom. The van der Waals surface area contributed by atoms with E-state index in [0.29, 0.717) is 42.6 Å². The SMILES string of the molecule is CC(C)c1oc2ccc(Nc3ccc(O)cc3)cc2c1C(=O)c1cc(Br)c(OCC(=O)O)c(Br)c1. The number of aromatic hydroxyl groups is 1. The van der Waals surface area contributed by atoms with Crippen LogP contribution >= 0.6 is 31.9 Å². The molecular formula is C26H21Br2NO6. The molecule has 0 aliphatic rings. The molecule has 4 aromatic rings. The number of benzene rings is 3. The summed E-state index contributed by atoms with van der Waals surface area (Å²) in [7, 11) is 0. The van der Waals surface area contributed by atoms with E-state index in [9.17, 15) is 14.7 Å². The number of nitrogens with one attached hydrogen (secondary N) is 1. The summed E-state index contributed by atoms with van der Waals surface area (Å²) in [5.41, 5.74) is 2.98. The first-order valence-corrected chi connectivity index (χ1v) is 12.2. The van der Waals surface area contributed by atoms with Gasteiger partial charge in [-0.1, -0.05) is 13.8 Å². The molecule has 0 aliphatic carbocycles. The maximum atomic E-state index is 13.8. The van der Waals surface area contributed by atoms with E-state index in [1.165, 1.54) is 0 Å². The van der Waals surface area contributed by atoms with Crippen LogP contribution in [0, 0.1) is 0 Å². The van der Waals surface area contributed by atoms with E-state index in [-0.39, 0.29) is 17.5 Å². The molecule has 0 amide bonds. The second kappa shape index (κ2) is 10.1. The van der Waals surface area contributed by atoms with Crippen molar-refractivity contribution in [2.45, 2.75) is 19.8 Å². The van der Waals surface area contributed by atoms with E-state index in [2.05, 4.69) is 37.2 Å². The van der Waals surface area contributed by atoms with Crippen molar-refractivity contribution in [3.8, 4) is 11.5 Å². The molecule has 3 N–H and O–H groups in total. The van der Waals surface area contributed by atoms with Gasteiger partial charge in [0.1, 0.15) is 22.8 Å². The van der Waals surface area contributed by atoms with Gasteiger partial charge in [-0.3, -0.25) is 4.79 Å². The number of furan rings is 1. The molecule has 0 spiro atoms. The zero-order chi connectivity index (χ0) is 25.3. The summed E-state index contributed by atoms with van der Waals surface area (Å²) in [5.74, 6) is -0.338. The fraction of sp³-hybridized carbons (Fsp3) is 0.154. The number of hydrogen-bond donors (Lipinski definition) is 3. The highest BCUT2D eigenvalue weighted by atomic mass is 79.9. The van der Waals surface area contributed by atoms with Gasteiger partial charge in [0.25, 0.3) is 0 Å². The largest absolute Gasteiger partial charge is 0.508 e. The number of carbonyl (C=O) groups is 2. The summed E-state index contributed by atoms with van der Waals surface area (Å²) >= 11 is 6.76. The van der Waals surface area contributed by atoms with Gasteiger partial charge in [-0.25, -0.2) is 4.79 Å². The predicted octanol–water partition coefficient (Wildman–Crippen LogP) is 7.22. The Morgan fingerprint density at radius 2 is 1.63 bits per heavy atom. The lowest BCUT2D eigenvalue weighted by atomic mass is 9.96. The highest BCUT2D eigenvalue weighted by Crippen LogP contribution is 2.38. The van der Waals surface area contributed by atoms with Crippen LogP contribution in [0.25, 0.3) is 11.0 Å². The van der Waals surface area contributed by atoms with Crippen molar-refractivity contribution in [3.63, 3.8) is 0 Å². The van der Waals surface area contributed by atoms with E-state index in [1.54, 1.807) is 36.4 Å². The number of aliphatic carboxylic acids is 1. The van der Waals surface area contributed by atoms with Crippen LogP contribution in [0.2, 0.25) is 0 Å². The summed E-state index contributed by atoms with van der Waals surface area (Å²) in [6, 6.07) is 15.4. The minimum atomic E-state index is -1.10. The van der Waals surface area contributed by atoms with Gasteiger partial charge < -0.3 is 24.7 Å². The number of fused-ring (bicyclic) bond motifs is 1. The van der Waals surface area contributed by atoms with E-state index >= 15 is 0 Å². The van der Waals surface area contributed by atoms with Crippen molar-refractivity contribution >= 4 is 66.0 Å². The molecule has 0 fully saturated rings. The van der Waals surface area contributed by atoms with Gasteiger partial charge in [-0.05, 0) is 86.5 Å². The van der Waals surface area contributed by atoms with Crippen LogP contribution in [0.4, 0.5) is 11.4 Å². The normalized spacial score (nSPS) is 11.1. The fourth-order valence-corrected chi connectivity index (χ4v) is 5.07. The standard InChI is InChI=1S/C26H21Br2NO6/c1-13(2)25-23(24(33)14-9-19(27)26(20(28)10-14)34-12-22(31)32)18-11-16(5-8-21(18)35-25)29-15-3-6-17(30)7-4-15/h3-11,13,29-30H,12H2,1-2H3,(H,31,32). The fourth-order valence-electron chi connectivity index (χ4n) is 3.65. The Hall–Kier alpha value is -3.30. The molecule has 0 saturated heterocycles. The number of halogens is 2. The van der Waals surface area contributed by atoms with Crippen molar-refractivity contribution in [1.29, 1.82) is 0 Å². The van der Waals surface area contributed by atoms with E-state index < -0.39 is 12.6 Å². The lowest BCUT2D eigenvalue weighted by Gasteiger charge is -2.11. The molecule has 1 aromatic heterocycles. The summed E-state index contributed by atoms with van der Waals surface area (Å²) in [5, 5.41) is 22.4. The van der Waals surface area contributed by atoms with Gasteiger partial charge >= 0.3 is 5.97 Å². The van der Waals surface area contributed by atoms with Crippen LogP contribution in [-0.4, -0.2) is 28.6 Å². The van der Waals surface area contributed by atoms with Gasteiger partial charge in [0.2, 0.25) is 0 Å². The molecule has 0 unspecified atom stereocenters. The molecule has 0 bridgehead atoms. The first-order valence-electron chi connectivity index (χ1n) is 10.6. The number of ether oxygens (including phenoxy) is 1. The molecule has 1 heterocycles. The molecule has 35 heavy (non-hydrogen) atoms. The van der Waals surface area contributed by atoms with E-state index in [0.717, 1.165) is 11.4 Å². The molecule has 0 aliphatic heterocycles. The summed E-state index contributed by atoms with van der Waals surface area (Å²) in [6.45, 7) is 3.41. The number of carbonyl (C=O) groups excluding carboxylic acids is 1. The first kappa shape index (κ1) is 24.8. The zero-order valence-corrected chi connectivity index (χ0v) is 21.9. The third-order valence-corrected chi connectivity index (χ3v) is 6.40. The Kier molecular flexibility index (Phi) is 7.18. The summed E-state index contributed by atoms with van der Waals surface area (Å²) in [6.07, 6.45) is 0. The second-order valence-corrected chi connectivity index (χ2v) is 9.87. The molecule has 4 rings (SSSR count). The number of phenols is 1. The predicted molar refractivity (Wildman–Crippen MR) is 140 cm³/mol. The third-order valence-electron chi connectivity index (χ3n) is 5.22. The van der Waals surface area contributed by atoms with Crippen molar-refractivity contribution < 1.29 is 29.0 Å². The average molecular weight is 603 g/mol. The lowest BCUT2D eigenvalue weighted by Crippen LogP contribution is -2.11. The third kappa shape index (κ3) is 5.36. The Balaban J connectivity index is 1.76. The monoisotopic (exact) mass is 601 g/mol. The Labute approximate surface area is 218 Å². The number of rotatable bonds is 8. The number of ketones is 1. The zero-order valence-electron chi connectivity index (χ0n) is 18.8. The van der Waals surface area contributed by atoms with Crippen molar-refractivity contribution in [2.75, 3.05) is 11.9 Å². The van der Waals surface area contributed by atoms with Crippen molar-refractivity contribution in [1.82, 2.24) is 0 Å². The maximum absolute atomic E-state index is 13.8. The molecular weight excluding hydrogens is 582 g/mol. The van der Waals surface area contributed by atoms with Crippen molar-refractivity contribution in [3.05, 3.63) is 80.4 Å². The topological polar surface area (TPSA) is 109 Å². The Bertz CT molecular complexity index is 1400. The van der Waals surface area contributed by atoms with Crippen LogP contribution < -0.4 is 10.1 Å². The van der Waals surface area contributed by atoms with Crippen LogP contribution in [0.5, 0.6) is 11.5 Å². The lowest BCUT2D eigenvalue weighted by molar-refractivity contribution is -0.139. The number of carboxylic acids is 1. The summed E-state index contributed by atoms with van der Waals surface area (Å²) < 4.78 is 12.3. The van der Waals surface area contributed by atoms with Gasteiger partial charge in [-0.15, -0.1) is 0 Å². The number of phenolic OH excluding ortho intramolecular Hbond substituents is 1. The van der Waals surface area contributed by atoms with Gasteiger partial charge in [0.15, 0.2) is 12.4 Å². The average Bonchev–Trinajstić information content (AvgIpc) is 3.18. The highest BCUT2D eigenvalue weighted by molar-refractivity contribution is 9.11. The molecule has 180 valence electrons. The quantitative estimate of drug-likeness (QED) is 0.144. The minimum Gasteiger partial charge on any atom is -0.508 e. The molecule has 0 radical (unpaired) electrons.